The predicted octanol–water partition coefficient (Wildman–Crippen LogP) is 1.72. The summed E-state index contributed by atoms with van der Waals surface area (Å²) in [5, 5.41) is 8.57. The number of hydrogen-bond donors (Lipinski definition) is 2. The van der Waals surface area contributed by atoms with Crippen molar-refractivity contribution in [2.24, 2.45) is 23.5 Å². The van der Waals surface area contributed by atoms with Crippen molar-refractivity contribution in [1.29, 1.82) is 0 Å². The van der Waals surface area contributed by atoms with Crippen molar-refractivity contribution in [2.45, 2.75) is 40.2 Å². The first-order valence-electron chi connectivity index (χ1n) is 4.83. The molecule has 0 saturated carbocycles. The monoisotopic (exact) mass is 187 g/mol. The fraction of sp³-hybridized carbons (Fsp3) is 0.900. The van der Waals surface area contributed by atoms with Crippen LogP contribution in [0.3, 0.4) is 0 Å². The van der Waals surface area contributed by atoms with Gasteiger partial charge in [0.05, 0.1) is 6.42 Å². The third-order valence-electron chi connectivity index (χ3n) is 2.97. The van der Waals surface area contributed by atoms with Crippen molar-refractivity contribution in [3.8, 4) is 0 Å². The van der Waals surface area contributed by atoms with Crippen molar-refractivity contribution in [1.82, 2.24) is 0 Å². The molecule has 0 aliphatic heterocycles. The van der Waals surface area contributed by atoms with Gasteiger partial charge in [0.1, 0.15) is 0 Å². The van der Waals surface area contributed by atoms with Crippen LogP contribution < -0.4 is 5.73 Å². The zero-order valence-electron chi connectivity index (χ0n) is 8.95. The summed E-state index contributed by atoms with van der Waals surface area (Å²) < 4.78 is 0. The second-order valence-electron chi connectivity index (χ2n) is 4.22. The van der Waals surface area contributed by atoms with Crippen molar-refractivity contribution < 1.29 is 9.90 Å². The Hall–Kier alpha value is -0.570. The topological polar surface area (TPSA) is 63.3 Å². The lowest BCUT2D eigenvalue weighted by molar-refractivity contribution is -0.137. The molecular weight excluding hydrogens is 166 g/mol. The van der Waals surface area contributed by atoms with Gasteiger partial charge >= 0.3 is 5.97 Å². The van der Waals surface area contributed by atoms with Crippen molar-refractivity contribution in [3.63, 3.8) is 0 Å². The van der Waals surface area contributed by atoms with Crippen molar-refractivity contribution >= 4 is 5.97 Å². The van der Waals surface area contributed by atoms with E-state index in [9.17, 15) is 4.79 Å². The van der Waals surface area contributed by atoms with E-state index in [1.165, 1.54) is 0 Å². The van der Waals surface area contributed by atoms with E-state index >= 15 is 0 Å². The molecule has 3 unspecified atom stereocenters. The van der Waals surface area contributed by atoms with Gasteiger partial charge in [-0.25, -0.2) is 0 Å². The standard InChI is InChI=1S/C10H21NO2/c1-6(2)7(3)8(4)9(11)5-10(12)13/h6-9H,5,11H2,1-4H3,(H,12,13). The average Bonchev–Trinajstić information content (AvgIpc) is 2.00. The van der Waals surface area contributed by atoms with E-state index in [1.54, 1.807) is 0 Å². The lowest BCUT2D eigenvalue weighted by Crippen LogP contribution is -2.35. The van der Waals surface area contributed by atoms with E-state index in [4.69, 9.17) is 10.8 Å². The Kier molecular flexibility index (Phi) is 4.99. The number of hydrogen-bond acceptors (Lipinski definition) is 2. The van der Waals surface area contributed by atoms with E-state index in [0.29, 0.717) is 11.8 Å². The zero-order valence-corrected chi connectivity index (χ0v) is 8.95. The molecule has 0 spiro atoms. The van der Waals surface area contributed by atoms with Crippen LogP contribution in [0.25, 0.3) is 0 Å². The maximum absolute atomic E-state index is 10.4. The summed E-state index contributed by atoms with van der Waals surface area (Å²) in [6.45, 7) is 8.42. The SMILES string of the molecule is CC(C)C(C)C(C)C(N)CC(=O)O. The molecular formula is C10H21NO2. The molecule has 0 aromatic heterocycles. The quantitative estimate of drug-likeness (QED) is 0.688. The van der Waals surface area contributed by atoms with Crippen LogP contribution in [0.5, 0.6) is 0 Å². The minimum atomic E-state index is -0.810. The molecule has 0 aliphatic carbocycles. The Morgan fingerprint density at radius 3 is 2.00 bits per heavy atom. The number of nitrogens with two attached hydrogens (primary N) is 1. The highest BCUT2D eigenvalue weighted by molar-refractivity contribution is 5.67. The molecule has 3 nitrogen and oxygen atoms in total. The molecule has 3 heteroatoms. The summed E-state index contributed by atoms with van der Waals surface area (Å²) >= 11 is 0. The zero-order chi connectivity index (χ0) is 10.6. The normalized spacial score (nSPS) is 18.3. The second kappa shape index (κ2) is 5.22. The fourth-order valence-corrected chi connectivity index (χ4v) is 1.38. The van der Waals surface area contributed by atoms with Crippen LogP contribution in [0.1, 0.15) is 34.1 Å². The van der Waals surface area contributed by atoms with Gasteiger partial charge in [-0.3, -0.25) is 4.79 Å². The lowest BCUT2D eigenvalue weighted by Gasteiger charge is -2.27. The van der Waals surface area contributed by atoms with Crippen LogP contribution in [0, 0.1) is 17.8 Å². The first kappa shape index (κ1) is 12.4. The Morgan fingerprint density at radius 2 is 1.69 bits per heavy atom. The molecule has 78 valence electrons. The molecule has 0 aromatic rings. The minimum Gasteiger partial charge on any atom is -0.481 e. The third kappa shape index (κ3) is 4.27. The van der Waals surface area contributed by atoms with Crippen LogP contribution in [-0.2, 0) is 4.79 Å². The number of carboxylic acid groups (broad SMARTS) is 1. The lowest BCUT2D eigenvalue weighted by atomic mass is 9.81. The summed E-state index contributed by atoms with van der Waals surface area (Å²) in [5.74, 6) is 0.468. The minimum absolute atomic E-state index is 0.0677. The summed E-state index contributed by atoms with van der Waals surface area (Å²) in [7, 11) is 0. The Morgan fingerprint density at radius 1 is 1.23 bits per heavy atom. The van der Waals surface area contributed by atoms with Gasteiger partial charge in [-0.2, -0.15) is 0 Å². The van der Waals surface area contributed by atoms with E-state index in [1.807, 2.05) is 6.92 Å². The van der Waals surface area contributed by atoms with Crippen LogP contribution in [0.2, 0.25) is 0 Å². The van der Waals surface area contributed by atoms with E-state index < -0.39 is 5.97 Å². The van der Waals surface area contributed by atoms with Crippen LogP contribution >= 0.6 is 0 Å². The molecule has 0 saturated heterocycles. The van der Waals surface area contributed by atoms with Crippen molar-refractivity contribution in [2.75, 3.05) is 0 Å². The Bertz CT molecular complexity index is 168. The summed E-state index contributed by atoms with van der Waals surface area (Å²) in [4.78, 5) is 10.4. The second-order valence-corrected chi connectivity index (χ2v) is 4.22. The predicted molar refractivity (Wildman–Crippen MR) is 53.4 cm³/mol. The highest BCUT2D eigenvalue weighted by atomic mass is 16.4. The average molecular weight is 187 g/mol. The van der Waals surface area contributed by atoms with Crippen LogP contribution in [-0.4, -0.2) is 17.1 Å². The van der Waals surface area contributed by atoms with Crippen LogP contribution in [0.15, 0.2) is 0 Å². The van der Waals surface area contributed by atoms with Gasteiger partial charge in [-0.05, 0) is 17.8 Å². The third-order valence-corrected chi connectivity index (χ3v) is 2.97. The molecule has 0 bridgehead atoms. The molecule has 0 radical (unpaired) electrons. The maximum Gasteiger partial charge on any atom is 0.304 e. The molecule has 0 aliphatic rings. The van der Waals surface area contributed by atoms with Crippen molar-refractivity contribution in [3.05, 3.63) is 0 Å². The summed E-state index contributed by atoms with van der Waals surface area (Å²) in [5.41, 5.74) is 5.78. The fourth-order valence-electron chi connectivity index (χ4n) is 1.38. The molecule has 0 fully saturated rings. The number of carbonyl (C=O) groups is 1. The molecule has 13 heavy (non-hydrogen) atoms. The van der Waals surface area contributed by atoms with E-state index in [0.717, 1.165) is 0 Å². The Labute approximate surface area is 80.3 Å². The van der Waals surface area contributed by atoms with E-state index in [-0.39, 0.29) is 18.4 Å². The highest BCUT2D eigenvalue weighted by Crippen LogP contribution is 2.23. The highest BCUT2D eigenvalue weighted by Gasteiger charge is 2.23. The largest absolute Gasteiger partial charge is 0.481 e. The first-order chi connectivity index (χ1) is 5.86. The summed E-state index contributed by atoms with van der Waals surface area (Å²) in [6.07, 6.45) is 0.0677. The van der Waals surface area contributed by atoms with Gasteiger partial charge in [-0.1, -0.05) is 27.7 Å². The number of carboxylic acids is 1. The first-order valence-corrected chi connectivity index (χ1v) is 4.83. The van der Waals surface area contributed by atoms with Gasteiger partial charge in [0.15, 0.2) is 0 Å². The van der Waals surface area contributed by atoms with Gasteiger partial charge in [-0.15, -0.1) is 0 Å². The smallest absolute Gasteiger partial charge is 0.304 e. The van der Waals surface area contributed by atoms with Gasteiger partial charge in [0.2, 0.25) is 0 Å². The van der Waals surface area contributed by atoms with Crippen LogP contribution in [0.4, 0.5) is 0 Å². The number of aliphatic carboxylic acids is 1. The molecule has 3 N–H and O–H groups in total. The molecule has 0 heterocycles. The van der Waals surface area contributed by atoms with E-state index in [2.05, 4.69) is 20.8 Å². The van der Waals surface area contributed by atoms with Gasteiger partial charge < -0.3 is 10.8 Å². The van der Waals surface area contributed by atoms with Gasteiger partial charge in [0, 0.05) is 6.04 Å². The number of rotatable bonds is 5. The molecule has 3 atom stereocenters. The Balaban J connectivity index is 4.08. The summed E-state index contributed by atoms with van der Waals surface area (Å²) in [6, 6.07) is -0.227. The molecule has 0 rings (SSSR count). The molecule has 0 amide bonds. The maximum atomic E-state index is 10.4. The van der Waals surface area contributed by atoms with Gasteiger partial charge in [0.25, 0.3) is 0 Å². The molecule has 0 aromatic carbocycles.